The van der Waals surface area contributed by atoms with Crippen molar-refractivity contribution in [3.63, 3.8) is 0 Å². The Kier molecular flexibility index (Phi) is 9.14. The van der Waals surface area contributed by atoms with Crippen molar-refractivity contribution in [1.29, 1.82) is 0 Å². The maximum Gasteiger partial charge on any atom is 0.270 e. The Morgan fingerprint density at radius 3 is 2.77 bits per heavy atom. The summed E-state index contributed by atoms with van der Waals surface area (Å²) >= 11 is 0. The first-order valence-electron chi connectivity index (χ1n) is 14.4. The average Bonchev–Trinajstić information content (AvgIpc) is 3.46. The molecule has 0 spiro atoms. The second-order valence-electron chi connectivity index (χ2n) is 10.8. The molecule has 1 aromatic carbocycles. The van der Waals surface area contributed by atoms with Crippen molar-refractivity contribution >= 4 is 23.4 Å². The topological polar surface area (TPSA) is 140 Å². The molecule has 0 aliphatic carbocycles. The molecule has 2 N–H and O–H groups in total. The summed E-state index contributed by atoms with van der Waals surface area (Å²) in [7, 11) is 0. The van der Waals surface area contributed by atoms with Gasteiger partial charge in [-0.3, -0.25) is 23.6 Å². The molecule has 2 bridgehead atoms. The molecule has 1 atom stereocenters. The van der Waals surface area contributed by atoms with Crippen LogP contribution in [0.3, 0.4) is 0 Å². The van der Waals surface area contributed by atoms with Crippen molar-refractivity contribution in [2.24, 2.45) is 5.92 Å². The van der Waals surface area contributed by atoms with E-state index < -0.39 is 23.4 Å². The highest BCUT2D eigenvalue weighted by Gasteiger charge is 2.26. The summed E-state index contributed by atoms with van der Waals surface area (Å²) in [4.78, 5) is 63.3. The number of hydrogen-bond donors (Lipinski definition) is 2. The number of hydrogen-bond acceptors (Lipinski definition) is 7. The molecule has 3 aromatic heterocycles. The predicted octanol–water partition coefficient (Wildman–Crippen LogP) is 2.13. The van der Waals surface area contributed by atoms with E-state index in [2.05, 4.69) is 20.6 Å². The number of amides is 3. The first-order valence-corrected chi connectivity index (χ1v) is 14.4. The number of carbonyl (C=O) groups excluding carboxylic acids is 3. The van der Waals surface area contributed by atoms with Gasteiger partial charge in [0.2, 0.25) is 11.8 Å². The third kappa shape index (κ3) is 7.08. The summed E-state index contributed by atoms with van der Waals surface area (Å²) in [5, 5.41) is 5.73. The van der Waals surface area contributed by atoms with E-state index >= 15 is 0 Å². The van der Waals surface area contributed by atoms with Crippen LogP contribution in [0.5, 0.6) is 5.75 Å². The van der Waals surface area contributed by atoms with Gasteiger partial charge in [-0.2, -0.15) is 0 Å². The van der Waals surface area contributed by atoms with Gasteiger partial charge in [-0.25, -0.2) is 9.97 Å². The van der Waals surface area contributed by atoms with E-state index in [0.717, 1.165) is 11.4 Å². The lowest BCUT2D eigenvalue weighted by atomic mass is 10.0. The number of imidazole rings is 1. The molecule has 0 fully saturated rings. The van der Waals surface area contributed by atoms with E-state index in [1.54, 1.807) is 24.4 Å². The zero-order chi connectivity index (χ0) is 30.3. The van der Waals surface area contributed by atoms with Gasteiger partial charge in [0, 0.05) is 50.0 Å². The number of aromatic nitrogens is 4. The van der Waals surface area contributed by atoms with Crippen LogP contribution in [0.15, 0.2) is 72.0 Å². The molecular formula is C31H35N7O5. The SMILES string of the molecule is CC(C)C[C@H]1NC(=O)CN(C(=O)c2cnc3ccccn3c2=O)CCCOc2cccc(c2)-c2nccn2CCNC1=O. The lowest BCUT2D eigenvalue weighted by molar-refractivity contribution is -0.129. The van der Waals surface area contributed by atoms with Crippen LogP contribution in [0.25, 0.3) is 17.0 Å². The van der Waals surface area contributed by atoms with Crippen LogP contribution in [-0.2, 0) is 16.1 Å². The zero-order valence-electron chi connectivity index (χ0n) is 24.2. The van der Waals surface area contributed by atoms with Crippen LogP contribution >= 0.6 is 0 Å². The number of ether oxygens (including phenoxy) is 1. The van der Waals surface area contributed by atoms with Gasteiger partial charge < -0.3 is 24.8 Å². The molecule has 0 saturated heterocycles. The number of pyridine rings is 1. The molecule has 4 heterocycles. The van der Waals surface area contributed by atoms with Crippen LogP contribution in [0.2, 0.25) is 0 Å². The van der Waals surface area contributed by atoms with Crippen molar-refractivity contribution in [2.45, 2.75) is 39.3 Å². The monoisotopic (exact) mass is 585 g/mol. The summed E-state index contributed by atoms with van der Waals surface area (Å²) in [6.07, 6.45) is 7.14. The summed E-state index contributed by atoms with van der Waals surface area (Å²) in [5.41, 5.74) is 0.585. The second kappa shape index (κ2) is 13.3. The normalized spacial score (nSPS) is 16.9. The number of fused-ring (bicyclic) bond motifs is 5. The van der Waals surface area contributed by atoms with Gasteiger partial charge in [-0.15, -0.1) is 0 Å². The fraction of sp³-hybridized carbons (Fsp3) is 0.355. The molecule has 12 heteroatoms. The van der Waals surface area contributed by atoms with Crippen molar-refractivity contribution in [2.75, 3.05) is 26.2 Å². The molecule has 0 radical (unpaired) electrons. The molecule has 43 heavy (non-hydrogen) atoms. The average molecular weight is 586 g/mol. The van der Waals surface area contributed by atoms with Crippen molar-refractivity contribution in [3.05, 3.63) is 83.2 Å². The fourth-order valence-corrected chi connectivity index (χ4v) is 5.06. The smallest absolute Gasteiger partial charge is 0.270 e. The van der Waals surface area contributed by atoms with Crippen molar-refractivity contribution in [3.8, 4) is 17.1 Å². The molecule has 3 amide bonds. The van der Waals surface area contributed by atoms with Crippen LogP contribution in [0.4, 0.5) is 0 Å². The van der Waals surface area contributed by atoms with Gasteiger partial charge >= 0.3 is 0 Å². The van der Waals surface area contributed by atoms with E-state index in [1.807, 2.05) is 48.9 Å². The molecule has 1 aliphatic heterocycles. The highest BCUT2D eigenvalue weighted by Crippen LogP contribution is 2.23. The number of carbonyl (C=O) groups is 3. The summed E-state index contributed by atoms with van der Waals surface area (Å²) in [5.74, 6) is 0.0502. The van der Waals surface area contributed by atoms with Crippen LogP contribution in [0.1, 0.15) is 37.0 Å². The summed E-state index contributed by atoms with van der Waals surface area (Å²) in [6, 6.07) is 11.8. The van der Waals surface area contributed by atoms with Gasteiger partial charge in [-0.05, 0) is 43.0 Å². The van der Waals surface area contributed by atoms with Gasteiger partial charge in [0.05, 0.1) is 13.2 Å². The lowest BCUT2D eigenvalue weighted by Crippen LogP contribution is -2.51. The first kappa shape index (κ1) is 29.5. The number of nitrogens with one attached hydrogen (secondary N) is 2. The molecule has 0 unspecified atom stereocenters. The lowest BCUT2D eigenvalue weighted by Gasteiger charge is -2.25. The van der Waals surface area contributed by atoms with Crippen LogP contribution in [0, 0.1) is 5.92 Å². The van der Waals surface area contributed by atoms with E-state index in [0.29, 0.717) is 37.3 Å². The second-order valence-corrected chi connectivity index (χ2v) is 10.8. The van der Waals surface area contributed by atoms with Gasteiger partial charge in [-0.1, -0.05) is 32.0 Å². The molecular weight excluding hydrogens is 550 g/mol. The van der Waals surface area contributed by atoms with Crippen molar-refractivity contribution < 1.29 is 19.1 Å². The maximum absolute atomic E-state index is 13.7. The van der Waals surface area contributed by atoms with Gasteiger partial charge in [0.15, 0.2) is 0 Å². The molecule has 0 saturated carbocycles. The molecule has 224 valence electrons. The molecule has 1 aliphatic rings. The standard InChI is InChI=1S/C31H35N7O5/c1-21(2)17-25-29(40)33-11-15-36-14-10-32-28(36)22-7-5-8-23(18-22)43-16-6-12-37(20-27(39)35-25)30(41)24-19-34-26-9-3-4-13-38(26)31(24)42/h3-5,7-10,13-14,18-19,21,25H,6,11-12,15-17,20H2,1-2H3,(H,33,40)(H,35,39)/t25-/m1/s1. The quantitative estimate of drug-likeness (QED) is 0.375. The molecule has 12 nitrogen and oxygen atoms in total. The Labute approximate surface area is 248 Å². The van der Waals surface area contributed by atoms with Crippen LogP contribution in [-0.4, -0.2) is 73.8 Å². The van der Waals surface area contributed by atoms with E-state index in [9.17, 15) is 19.2 Å². The highest BCUT2D eigenvalue weighted by molar-refractivity contribution is 5.97. The number of rotatable bonds is 3. The van der Waals surface area contributed by atoms with Crippen LogP contribution < -0.4 is 20.9 Å². The van der Waals surface area contributed by atoms with Gasteiger partial charge in [0.25, 0.3) is 11.5 Å². The Morgan fingerprint density at radius 2 is 1.93 bits per heavy atom. The number of nitrogens with zero attached hydrogens (tertiary/aromatic N) is 5. The summed E-state index contributed by atoms with van der Waals surface area (Å²) < 4.78 is 9.23. The minimum absolute atomic E-state index is 0.125. The summed E-state index contributed by atoms with van der Waals surface area (Å²) in [6.45, 7) is 4.79. The van der Waals surface area contributed by atoms with Crippen molar-refractivity contribution in [1.82, 2.24) is 34.5 Å². The fourth-order valence-electron chi connectivity index (χ4n) is 5.06. The third-order valence-electron chi connectivity index (χ3n) is 7.13. The molecule has 4 aromatic rings. The largest absolute Gasteiger partial charge is 0.494 e. The van der Waals surface area contributed by atoms with E-state index in [4.69, 9.17) is 4.74 Å². The number of benzene rings is 1. The van der Waals surface area contributed by atoms with E-state index in [1.165, 1.54) is 21.7 Å². The maximum atomic E-state index is 13.7. The Morgan fingerprint density at radius 1 is 1.07 bits per heavy atom. The van der Waals surface area contributed by atoms with E-state index in [-0.39, 0.29) is 37.1 Å². The molecule has 5 rings (SSSR count). The third-order valence-corrected chi connectivity index (χ3v) is 7.13. The predicted molar refractivity (Wildman–Crippen MR) is 160 cm³/mol. The highest BCUT2D eigenvalue weighted by atomic mass is 16.5. The van der Waals surface area contributed by atoms with Gasteiger partial charge in [0.1, 0.15) is 28.8 Å². The minimum atomic E-state index is -0.793. The Bertz CT molecular complexity index is 1680. The first-order chi connectivity index (χ1) is 20.8. The minimum Gasteiger partial charge on any atom is -0.494 e. The Balaban J connectivity index is 1.43. The zero-order valence-corrected chi connectivity index (χ0v) is 24.2. The Hall–Kier alpha value is -5.00.